The van der Waals surface area contributed by atoms with Gasteiger partial charge in [-0.15, -0.1) is 21.6 Å². The number of fused-ring (bicyclic) bond motifs is 1. The van der Waals surface area contributed by atoms with Crippen molar-refractivity contribution < 1.29 is 4.79 Å². The SMILES string of the molecule is CC(=O)c1cc2sc(N=Nc3ccc(N=Nc4ccc(N5CCCC5)cc4)cc3)nc2s1. The Balaban J connectivity index is 1.22. The Labute approximate surface area is 193 Å². The molecule has 1 saturated heterocycles. The summed E-state index contributed by atoms with van der Waals surface area (Å²) in [5.41, 5.74) is 3.53. The van der Waals surface area contributed by atoms with Gasteiger partial charge < -0.3 is 4.90 Å². The van der Waals surface area contributed by atoms with Gasteiger partial charge in [0.15, 0.2) is 5.78 Å². The molecule has 2 aromatic carbocycles. The van der Waals surface area contributed by atoms with Crippen LogP contribution in [0.1, 0.15) is 29.4 Å². The molecule has 0 atom stereocenters. The molecule has 5 rings (SSSR count). The summed E-state index contributed by atoms with van der Waals surface area (Å²) in [5, 5.41) is 17.7. The van der Waals surface area contributed by atoms with E-state index in [4.69, 9.17) is 0 Å². The van der Waals surface area contributed by atoms with Gasteiger partial charge in [0, 0.05) is 18.8 Å². The molecule has 2 aromatic heterocycles. The van der Waals surface area contributed by atoms with Gasteiger partial charge in [-0.05, 0) is 74.4 Å². The van der Waals surface area contributed by atoms with E-state index in [-0.39, 0.29) is 5.78 Å². The zero-order chi connectivity index (χ0) is 21.9. The first-order valence-electron chi connectivity index (χ1n) is 10.3. The number of aromatic nitrogens is 1. The number of hydrogen-bond donors (Lipinski definition) is 0. The van der Waals surface area contributed by atoms with Crippen LogP contribution in [-0.2, 0) is 0 Å². The lowest BCUT2D eigenvalue weighted by Crippen LogP contribution is -2.17. The van der Waals surface area contributed by atoms with Crippen LogP contribution in [0.4, 0.5) is 27.9 Å². The molecule has 3 heterocycles. The van der Waals surface area contributed by atoms with E-state index in [1.54, 1.807) is 6.92 Å². The summed E-state index contributed by atoms with van der Waals surface area (Å²) in [7, 11) is 0. The molecule has 0 unspecified atom stereocenters. The number of azo groups is 2. The molecule has 9 heteroatoms. The largest absolute Gasteiger partial charge is 0.372 e. The van der Waals surface area contributed by atoms with Crippen LogP contribution >= 0.6 is 22.7 Å². The molecule has 0 N–H and O–H groups in total. The quantitative estimate of drug-likeness (QED) is 0.216. The van der Waals surface area contributed by atoms with Crippen LogP contribution < -0.4 is 4.90 Å². The van der Waals surface area contributed by atoms with Crippen LogP contribution in [0.3, 0.4) is 0 Å². The van der Waals surface area contributed by atoms with E-state index in [9.17, 15) is 4.79 Å². The Hall–Kier alpha value is -3.30. The fourth-order valence-electron chi connectivity index (χ4n) is 3.45. The topological polar surface area (TPSA) is 82.6 Å². The first-order valence-corrected chi connectivity index (χ1v) is 12.0. The number of rotatable bonds is 6. The number of hydrogen-bond acceptors (Lipinski definition) is 9. The average Bonchev–Trinajstić information content (AvgIpc) is 3.54. The Kier molecular flexibility index (Phi) is 5.83. The van der Waals surface area contributed by atoms with E-state index in [2.05, 4.69) is 42.5 Å². The first-order chi connectivity index (χ1) is 15.6. The maximum atomic E-state index is 11.5. The van der Waals surface area contributed by atoms with Crippen molar-refractivity contribution in [2.75, 3.05) is 18.0 Å². The fraction of sp³-hybridized carbons (Fsp3) is 0.217. The van der Waals surface area contributed by atoms with Gasteiger partial charge in [-0.25, -0.2) is 4.98 Å². The highest BCUT2D eigenvalue weighted by Crippen LogP contribution is 2.35. The first kappa shape index (κ1) is 20.6. The molecule has 1 aliphatic heterocycles. The van der Waals surface area contributed by atoms with Crippen LogP contribution in [0.15, 0.2) is 75.1 Å². The molecule has 0 saturated carbocycles. The summed E-state index contributed by atoms with van der Waals surface area (Å²) >= 11 is 2.81. The summed E-state index contributed by atoms with van der Waals surface area (Å²) in [6, 6.07) is 17.5. The van der Waals surface area contributed by atoms with Gasteiger partial charge in [-0.2, -0.15) is 10.2 Å². The van der Waals surface area contributed by atoms with Gasteiger partial charge >= 0.3 is 0 Å². The van der Waals surface area contributed by atoms with E-state index < -0.39 is 0 Å². The third-order valence-corrected chi connectivity index (χ3v) is 7.27. The summed E-state index contributed by atoms with van der Waals surface area (Å²) in [4.78, 5) is 19.8. The van der Waals surface area contributed by atoms with Crippen molar-refractivity contribution in [2.45, 2.75) is 19.8 Å². The third-order valence-electron chi connectivity index (χ3n) is 5.13. The molecule has 1 fully saturated rings. The second-order valence-corrected chi connectivity index (χ2v) is 9.50. The number of benzene rings is 2. The minimum Gasteiger partial charge on any atom is -0.372 e. The van der Waals surface area contributed by atoms with E-state index >= 15 is 0 Å². The zero-order valence-corrected chi connectivity index (χ0v) is 19.1. The maximum Gasteiger partial charge on any atom is 0.231 e. The molecule has 0 bridgehead atoms. The fourth-order valence-corrected chi connectivity index (χ4v) is 5.38. The lowest BCUT2D eigenvalue weighted by atomic mass is 10.2. The van der Waals surface area contributed by atoms with Crippen molar-refractivity contribution >= 4 is 65.9 Å². The van der Waals surface area contributed by atoms with Crippen LogP contribution in [0.5, 0.6) is 0 Å². The molecular weight excluding hydrogens is 440 g/mol. The molecule has 4 aromatic rings. The monoisotopic (exact) mass is 460 g/mol. The number of anilines is 1. The van der Waals surface area contributed by atoms with Gasteiger partial charge in [0.2, 0.25) is 5.13 Å². The molecule has 0 amide bonds. The average molecular weight is 461 g/mol. The van der Waals surface area contributed by atoms with Crippen molar-refractivity contribution in [3.63, 3.8) is 0 Å². The Bertz CT molecular complexity index is 1270. The van der Waals surface area contributed by atoms with E-state index in [1.165, 1.54) is 41.2 Å². The summed E-state index contributed by atoms with van der Waals surface area (Å²) < 4.78 is 0.957. The third kappa shape index (κ3) is 4.63. The molecule has 32 heavy (non-hydrogen) atoms. The maximum absolute atomic E-state index is 11.5. The van der Waals surface area contributed by atoms with E-state index in [0.29, 0.717) is 10.8 Å². The summed E-state index contributed by atoms with van der Waals surface area (Å²) in [6.45, 7) is 3.82. The molecule has 1 aliphatic rings. The van der Waals surface area contributed by atoms with Crippen molar-refractivity contribution in [3.05, 3.63) is 59.5 Å². The second kappa shape index (κ2) is 9.05. The molecule has 0 spiro atoms. The molecule has 7 nitrogen and oxygen atoms in total. The highest BCUT2D eigenvalue weighted by molar-refractivity contribution is 7.29. The predicted molar refractivity (Wildman–Crippen MR) is 130 cm³/mol. The minimum atomic E-state index is 0.0553. The van der Waals surface area contributed by atoms with Gasteiger partial charge in [0.05, 0.1) is 26.6 Å². The van der Waals surface area contributed by atoms with Crippen molar-refractivity contribution in [2.24, 2.45) is 20.5 Å². The number of nitrogens with zero attached hydrogens (tertiary/aromatic N) is 6. The van der Waals surface area contributed by atoms with Crippen molar-refractivity contribution in [1.82, 2.24) is 4.98 Å². The summed E-state index contributed by atoms with van der Waals surface area (Å²) in [6.07, 6.45) is 2.53. The number of thiophene rings is 1. The van der Waals surface area contributed by atoms with Crippen LogP contribution in [0.2, 0.25) is 0 Å². The highest BCUT2D eigenvalue weighted by Gasteiger charge is 2.12. The molecule has 160 valence electrons. The molecule has 0 aliphatic carbocycles. The van der Waals surface area contributed by atoms with Crippen molar-refractivity contribution in [3.8, 4) is 0 Å². The van der Waals surface area contributed by atoms with Gasteiger partial charge in [-0.1, -0.05) is 11.3 Å². The van der Waals surface area contributed by atoms with E-state index in [1.807, 2.05) is 42.5 Å². The Morgan fingerprint density at radius 2 is 1.41 bits per heavy atom. The molecule has 0 radical (unpaired) electrons. The normalized spacial score (nSPS) is 14.3. The van der Waals surface area contributed by atoms with Crippen molar-refractivity contribution in [1.29, 1.82) is 0 Å². The Morgan fingerprint density at radius 3 is 1.97 bits per heavy atom. The van der Waals surface area contributed by atoms with Crippen LogP contribution in [0, 0.1) is 0 Å². The van der Waals surface area contributed by atoms with Gasteiger partial charge in [0.25, 0.3) is 0 Å². The number of carbonyl (C=O) groups excluding carboxylic acids is 1. The lowest BCUT2D eigenvalue weighted by Gasteiger charge is -2.17. The molecular formula is C23H20N6OS2. The van der Waals surface area contributed by atoms with Gasteiger partial charge in [0.1, 0.15) is 4.83 Å². The highest BCUT2D eigenvalue weighted by atomic mass is 32.1. The van der Waals surface area contributed by atoms with E-state index in [0.717, 1.165) is 38.9 Å². The van der Waals surface area contributed by atoms with Gasteiger partial charge in [-0.3, -0.25) is 4.79 Å². The number of carbonyl (C=O) groups is 1. The second-order valence-electron chi connectivity index (χ2n) is 7.46. The van der Waals surface area contributed by atoms with Crippen LogP contribution in [0.25, 0.3) is 9.53 Å². The number of thiazole rings is 1. The lowest BCUT2D eigenvalue weighted by molar-refractivity contribution is 0.102. The standard InChI is InChI=1S/C23H20N6OS2/c1-15(30)20-14-21-22(31-20)24-23(32-21)28-27-17-6-4-16(5-7-17)25-26-18-8-10-19(11-9-18)29-12-2-3-13-29/h4-11,14H,2-3,12-13H2,1H3. The zero-order valence-electron chi connectivity index (χ0n) is 17.4. The summed E-state index contributed by atoms with van der Waals surface area (Å²) in [5.74, 6) is 0.0553. The predicted octanol–water partition coefficient (Wildman–Crippen LogP) is 7.99. The minimum absolute atomic E-state index is 0.0553. The smallest absolute Gasteiger partial charge is 0.231 e. The number of Topliss-reactive ketones (excluding diaryl/α,β-unsaturated/α-hetero) is 1. The number of ketones is 1. The van der Waals surface area contributed by atoms with Crippen LogP contribution in [-0.4, -0.2) is 23.9 Å². The Morgan fingerprint density at radius 1 is 0.844 bits per heavy atom.